The van der Waals surface area contributed by atoms with Crippen LogP contribution in [0.15, 0.2) is 36.5 Å². The molecule has 1 heterocycles. The summed E-state index contributed by atoms with van der Waals surface area (Å²) in [5.41, 5.74) is 9.99. The van der Waals surface area contributed by atoms with Gasteiger partial charge in [0.1, 0.15) is 5.75 Å². The lowest BCUT2D eigenvalue weighted by molar-refractivity contribution is 0.414. The second-order valence-corrected chi connectivity index (χ2v) is 4.78. The predicted octanol–water partition coefficient (Wildman–Crippen LogP) is 2.82. The van der Waals surface area contributed by atoms with Gasteiger partial charge >= 0.3 is 0 Å². The Bertz CT molecular complexity index is 542. The molecular weight excluding hydrogens is 224 g/mol. The van der Waals surface area contributed by atoms with Crippen molar-refractivity contribution < 1.29 is 4.74 Å². The first-order valence-electron chi connectivity index (χ1n) is 6.39. The highest BCUT2D eigenvalue weighted by Gasteiger charge is 2.20. The SMILES string of the molecule is COc1ccc(-n2ccc3c2CCCC3N)cc1. The van der Waals surface area contributed by atoms with Gasteiger partial charge in [0.25, 0.3) is 0 Å². The first-order chi connectivity index (χ1) is 8.79. The molecule has 0 amide bonds. The smallest absolute Gasteiger partial charge is 0.119 e. The molecule has 3 rings (SSSR count). The van der Waals surface area contributed by atoms with Gasteiger partial charge in [-0.25, -0.2) is 0 Å². The summed E-state index contributed by atoms with van der Waals surface area (Å²) in [6.07, 6.45) is 5.51. The Kier molecular flexibility index (Phi) is 2.84. The topological polar surface area (TPSA) is 40.2 Å². The number of fused-ring (bicyclic) bond motifs is 1. The van der Waals surface area contributed by atoms with Crippen molar-refractivity contribution in [2.75, 3.05) is 7.11 Å². The summed E-state index contributed by atoms with van der Waals surface area (Å²) >= 11 is 0. The van der Waals surface area contributed by atoms with E-state index in [0.29, 0.717) is 0 Å². The highest BCUT2D eigenvalue weighted by molar-refractivity contribution is 5.42. The summed E-state index contributed by atoms with van der Waals surface area (Å²) in [5.74, 6) is 0.886. The maximum absolute atomic E-state index is 6.15. The molecule has 0 saturated carbocycles. The predicted molar refractivity (Wildman–Crippen MR) is 72.2 cm³/mol. The molecule has 3 heteroatoms. The fourth-order valence-corrected chi connectivity index (χ4v) is 2.71. The number of aromatic nitrogens is 1. The van der Waals surface area contributed by atoms with Gasteiger partial charge in [0.15, 0.2) is 0 Å². The zero-order chi connectivity index (χ0) is 12.5. The largest absolute Gasteiger partial charge is 0.497 e. The highest BCUT2D eigenvalue weighted by Crippen LogP contribution is 2.30. The number of nitrogens with zero attached hydrogens (tertiary/aromatic N) is 1. The van der Waals surface area contributed by atoms with Gasteiger partial charge in [-0.1, -0.05) is 0 Å². The number of hydrogen-bond donors (Lipinski definition) is 1. The third-order valence-electron chi connectivity index (χ3n) is 3.71. The Balaban J connectivity index is 2.01. The number of hydrogen-bond acceptors (Lipinski definition) is 2. The molecule has 0 fully saturated rings. The maximum Gasteiger partial charge on any atom is 0.119 e. The summed E-state index contributed by atoms with van der Waals surface area (Å²) in [7, 11) is 1.69. The van der Waals surface area contributed by atoms with Gasteiger partial charge in [-0.05, 0) is 55.2 Å². The molecule has 1 unspecified atom stereocenters. The van der Waals surface area contributed by atoms with Gasteiger partial charge in [-0.2, -0.15) is 0 Å². The fourth-order valence-electron chi connectivity index (χ4n) is 2.71. The van der Waals surface area contributed by atoms with E-state index in [0.717, 1.165) is 18.6 Å². The summed E-state index contributed by atoms with van der Waals surface area (Å²) in [5, 5.41) is 0. The third-order valence-corrected chi connectivity index (χ3v) is 3.71. The highest BCUT2D eigenvalue weighted by atomic mass is 16.5. The van der Waals surface area contributed by atoms with E-state index in [2.05, 4.69) is 29.0 Å². The zero-order valence-electron chi connectivity index (χ0n) is 10.6. The van der Waals surface area contributed by atoms with Gasteiger partial charge < -0.3 is 15.0 Å². The van der Waals surface area contributed by atoms with Crippen molar-refractivity contribution in [3.63, 3.8) is 0 Å². The van der Waals surface area contributed by atoms with Gasteiger partial charge in [0, 0.05) is 23.6 Å². The van der Waals surface area contributed by atoms with Gasteiger partial charge in [-0.3, -0.25) is 0 Å². The van der Waals surface area contributed by atoms with Gasteiger partial charge in [0.2, 0.25) is 0 Å². The van der Waals surface area contributed by atoms with Crippen LogP contribution in [0.4, 0.5) is 0 Å². The van der Waals surface area contributed by atoms with Gasteiger partial charge in [-0.15, -0.1) is 0 Å². The molecule has 1 aromatic carbocycles. The summed E-state index contributed by atoms with van der Waals surface area (Å²) in [6.45, 7) is 0. The fraction of sp³-hybridized carbons (Fsp3) is 0.333. The molecule has 0 saturated heterocycles. The third kappa shape index (κ3) is 1.81. The first-order valence-corrected chi connectivity index (χ1v) is 6.39. The second kappa shape index (κ2) is 4.50. The van der Waals surface area contributed by atoms with Crippen LogP contribution in [0.1, 0.15) is 30.1 Å². The van der Waals surface area contributed by atoms with E-state index in [4.69, 9.17) is 10.5 Å². The molecule has 0 bridgehead atoms. The minimum atomic E-state index is 0.202. The van der Waals surface area contributed by atoms with E-state index in [1.807, 2.05) is 12.1 Å². The molecular formula is C15H18N2O. The molecule has 2 aromatic rings. The van der Waals surface area contributed by atoms with E-state index >= 15 is 0 Å². The van der Waals surface area contributed by atoms with Gasteiger partial charge in [0.05, 0.1) is 7.11 Å². The van der Waals surface area contributed by atoms with Crippen LogP contribution in [0.5, 0.6) is 5.75 Å². The van der Waals surface area contributed by atoms with Crippen LogP contribution in [0.25, 0.3) is 5.69 Å². The molecule has 1 aromatic heterocycles. The standard InChI is InChI=1S/C15H18N2O/c1-18-12-7-5-11(6-8-12)17-10-9-13-14(16)3-2-4-15(13)17/h5-10,14H,2-4,16H2,1H3. The van der Waals surface area contributed by atoms with Crippen LogP contribution in [0, 0.1) is 0 Å². The number of nitrogens with two attached hydrogens (primary N) is 1. The Morgan fingerprint density at radius 3 is 2.72 bits per heavy atom. The summed E-state index contributed by atoms with van der Waals surface area (Å²) in [6, 6.07) is 10.5. The van der Waals surface area contributed by atoms with Crippen molar-refractivity contribution in [1.82, 2.24) is 4.57 Å². The minimum absolute atomic E-state index is 0.202. The average molecular weight is 242 g/mol. The number of ether oxygens (including phenoxy) is 1. The second-order valence-electron chi connectivity index (χ2n) is 4.78. The van der Waals surface area contributed by atoms with Crippen LogP contribution < -0.4 is 10.5 Å². The Morgan fingerprint density at radius 1 is 1.22 bits per heavy atom. The van der Waals surface area contributed by atoms with Crippen LogP contribution in [0.3, 0.4) is 0 Å². The van der Waals surface area contributed by atoms with Crippen LogP contribution in [-0.2, 0) is 6.42 Å². The maximum atomic E-state index is 6.15. The van der Waals surface area contributed by atoms with Crippen molar-refractivity contribution in [2.24, 2.45) is 5.73 Å². The first kappa shape index (κ1) is 11.4. The summed E-state index contributed by atoms with van der Waals surface area (Å²) in [4.78, 5) is 0. The molecule has 1 atom stereocenters. The van der Waals surface area contributed by atoms with E-state index in [1.165, 1.54) is 23.4 Å². The van der Waals surface area contributed by atoms with E-state index in [9.17, 15) is 0 Å². The van der Waals surface area contributed by atoms with Crippen molar-refractivity contribution >= 4 is 0 Å². The van der Waals surface area contributed by atoms with E-state index in [-0.39, 0.29) is 6.04 Å². The van der Waals surface area contributed by atoms with Crippen LogP contribution in [0.2, 0.25) is 0 Å². The quantitative estimate of drug-likeness (QED) is 0.879. The molecule has 2 N–H and O–H groups in total. The zero-order valence-corrected chi connectivity index (χ0v) is 10.6. The number of benzene rings is 1. The minimum Gasteiger partial charge on any atom is -0.497 e. The Labute approximate surface area is 107 Å². The Hall–Kier alpha value is -1.74. The normalized spacial score (nSPS) is 18.4. The van der Waals surface area contributed by atoms with Crippen LogP contribution >= 0.6 is 0 Å². The van der Waals surface area contributed by atoms with E-state index < -0.39 is 0 Å². The van der Waals surface area contributed by atoms with Crippen molar-refractivity contribution in [2.45, 2.75) is 25.3 Å². The Morgan fingerprint density at radius 2 is 2.00 bits per heavy atom. The lowest BCUT2D eigenvalue weighted by Crippen LogP contribution is -2.17. The lowest BCUT2D eigenvalue weighted by Gasteiger charge is -2.21. The lowest BCUT2D eigenvalue weighted by atomic mass is 9.93. The molecule has 0 spiro atoms. The molecule has 94 valence electrons. The molecule has 0 radical (unpaired) electrons. The molecule has 1 aliphatic carbocycles. The summed E-state index contributed by atoms with van der Waals surface area (Å²) < 4.78 is 7.43. The average Bonchev–Trinajstić information content (AvgIpc) is 2.84. The molecule has 18 heavy (non-hydrogen) atoms. The number of rotatable bonds is 2. The van der Waals surface area contributed by atoms with E-state index in [1.54, 1.807) is 7.11 Å². The monoisotopic (exact) mass is 242 g/mol. The molecule has 1 aliphatic rings. The number of methoxy groups -OCH3 is 1. The van der Waals surface area contributed by atoms with Crippen molar-refractivity contribution in [3.05, 3.63) is 47.8 Å². The van der Waals surface area contributed by atoms with Crippen LogP contribution in [-0.4, -0.2) is 11.7 Å². The molecule has 0 aliphatic heterocycles. The molecule has 3 nitrogen and oxygen atoms in total. The van der Waals surface area contributed by atoms with Crippen molar-refractivity contribution in [3.8, 4) is 11.4 Å². The van der Waals surface area contributed by atoms with Crippen molar-refractivity contribution in [1.29, 1.82) is 0 Å².